The van der Waals surface area contributed by atoms with Crippen LogP contribution in [0.3, 0.4) is 0 Å². The maximum absolute atomic E-state index is 12.5. The molecule has 1 aromatic heterocycles. The van der Waals surface area contributed by atoms with Gasteiger partial charge in [0.2, 0.25) is 11.1 Å². The molecule has 8 heteroatoms. The second-order valence-electron chi connectivity index (χ2n) is 7.06. The van der Waals surface area contributed by atoms with Gasteiger partial charge in [0.1, 0.15) is 11.4 Å². The van der Waals surface area contributed by atoms with E-state index in [0.29, 0.717) is 16.8 Å². The van der Waals surface area contributed by atoms with Crippen LogP contribution in [0, 0.1) is 12.8 Å². The number of carbonyl (C=O) groups excluding carboxylic acids is 1. The fraction of sp³-hybridized carbons (Fsp3) is 0.579. The van der Waals surface area contributed by atoms with Gasteiger partial charge in [-0.2, -0.15) is 4.68 Å². The number of nitrogens with one attached hydrogen (secondary N) is 1. The number of tetrazole rings is 1. The number of carbonyl (C=O) groups is 1. The van der Waals surface area contributed by atoms with Gasteiger partial charge in [-0.3, -0.25) is 4.79 Å². The van der Waals surface area contributed by atoms with Crippen LogP contribution in [0.1, 0.15) is 44.6 Å². The van der Waals surface area contributed by atoms with E-state index in [-0.39, 0.29) is 11.2 Å². The predicted octanol–water partition coefficient (Wildman–Crippen LogP) is 3.16. The lowest BCUT2D eigenvalue weighted by Crippen LogP contribution is -2.35. The van der Waals surface area contributed by atoms with E-state index in [2.05, 4.69) is 20.8 Å². The molecular weight excluding hydrogens is 362 g/mol. The summed E-state index contributed by atoms with van der Waals surface area (Å²) in [6, 6.07) is 5.83. The molecule has 0 aliphatic heterocycles. The lowest BCUT2D eigenvalue weighted by molar-refractivity contribution is -0.120. The Balaban J connectivity index is 1.65. The molecule has 1 atom stereocenters. The molecule has 1 heterocycles. The third-order valence-corrected chi connectivity index (χ3v) is 5.98. The van der Waals surface area contributed by atoms with Gasteiger partial charge in [0, 0.05) is 6.54 Å². The van der Waals surface area contributed by atoms with Crippen LogP contribution in [0.5, 0.6) is 5.75 Å². The van der Waals surface area contributed by atoms with Crippen LogP contribution in [0.4, 0.5) is 0 Å². The van der Waals surface area contributed by atoms with E-state index in [1.807, 2.05) is 32.0 Å². The molecule has 1 amide bonds. The van der Waals surface area contributed by atoms with E-state index >= 15 is 0 Å². The van der Waals surface area contributed by atoms with E-state index in [0.717, 1.165) is 17.8 Å². The molecule has 1 aliphatic carbocycles. The molecule has 1 N–H and O–H groups in total. The molecule has 1 aromatic carbocycles. The van der Waals surface area contributed by atoms with Gasteiger partial charge < -0.3 is 10.1 Å². The fourth-order valence-electron chi connectivity index (χ4n) is 3.36. The van der Waals surface area contributed by atoms with Gasteiger partial charge >= 0.3 is 0 Å². The Labute approximate surface area is 164 Å². The van der Waals surface area contributed by atoms with Crippen molar-refractivity contribution in [3.8, 4) is 11.4 Å². The Kier molecular flexibility index (Phi) is 6.71. The number of hydrogen-bond donors (Lipinski definition) is 1. The highest BCUT2D eigenvalue weighted by molar-refractivity contribution is 8.00. The Morgan fingerprint density at radius 2 is 2.15 bits per heavy atom. The quantitative estimate of drug-likeness (QED) is 0.733. The third-order valence-electron chi connectivity index (χ3n) is 4.94. The van der Waals surface area contributed by atoms with E-state index in [1.54, 1.807) is 11.8 Å². The first kappa shape index (κ1) is 19.7. The molecule has 0 radical (unpaired) electrons. The highest BCUT2D eigenvalue weighted by Gasteiger charge is 2.22. The molecule has 1 saturated carbocycles. The number of hydrogen-bond acceptors (Lipinski definition) is 6. The minimum absolute atomic E-state index is 0.0244. The molecule has 1 aliphatic rings. The van der Waals surface area contributed by atoms with Crippen molar-refractivity contribution in [3.63, 3.8) is 0 Å². The summed E-state index contributed by atoms with van der Waals surface area (Å²) in [6.07, 6.45) is 6.30. The number of thioether (sulfide) groups is 1. The van der Waals surface area contributed by atoms with Crippen LogP contribution in [-0.2, 0) is 4.79 Å². The first-order chi connectivity index (χ1) is 13.1. The number of methoxy groups -OCH3 is 1. The van der Waals surface area contributed by atoms with E-state index in [4.69, 9.17) is 4.74 Å². The fourth-order valence-corrected chi connectivity index (χ4v) is 4.19. The number of aryl methyl sites for hydroxylation is 1. The minimum Gasteiger partial charge on any atom is -0.494 e. The van der Waals surface area contributed by atoms with E-state index < -0.39 is 0 Å². The zero-order chi connectivity index (χ0) is 19.2. The molecule has 7 nitrogen and oxygen atoms in total. The average Bonchev–Trinajstić information content (AvgIpc) is 3.14. The number of benzene rings is 1. The summed E-state index contributed by atoms with van der Waals surface area (Å²) in [5.74, 6) is 1.32. The minimum atomic E-state index is -0.283. The molecule has 0 bridgehead atoms. The standard InChI is InChI=1S/C19H27N5O2S/c1-13-9-10-17(26-3)16(11-13)24-19(21-22-23-24)27-14(2)18(25)20-12-15-7-5-4-6-8-15/h9-11,14-15H,4-8,12H2,1-3H3,(H,20,25). The van der Waals surface area contributed by atoms with Crippen LogP contribution < -0.4 is 10.1 Å². The van der Waals surface area contributed by atoms with E-state index in [9.17, 15) is 4.79 Å². The smallest absolute Gasteiger partial charge is 0.233 e. The van der Waals surface area contributed by atoms with Crippen molar-refractivity contribution >= 4 is 17.7 Å². The molecular formula is C19H27N5O2S. The second-order valence-corrected chi connectivity index (χ2v) is 8.37. The van der Waals surface area contributed by atoms with Crippen LogP contribution in [0.25, 0.3) is 5.69 Å². The molecule has 3 rings (SSSR count). The summed E-state index contributed by atoms with van der Waals surface area (Å²) in [5, 5.41) is 15.4. The van der Waals surface area contributed by atoms with Gasteiger partial charge in [0.05, 0.1) is 12.4 Å². The van der Waals surface area contributed by atoms with Crippen LogP contribution in [-0.4, -0.2) is 45.0 Å². The maximum Gasteiger partial charge on any atom is 0.233 e. The molecule has 0 saturated heterocycles. The molecule has 27 heavy (non-hydrogen) atoms. The van der Waals surface area contributed by atoms with Crippen molar-refractivity contribution < 1.29 is 9.53 Å². The maximum atomic E-state index is 12.5. The van der Waals surface area contributed by atoms with Crippen molar-refractivity contribution in [2.75, 3.05) is 13.7 Å². The van der Waals surface area contributed by atoms with Gasteiger partial charge in [0.15, 0.2) is 0 Å². The molecule has 0 spiro atoms. The Hall–Kier alpha value is -2.09. The second kappa shape index (κ2) is 9.21. The number of aromatic nitrogens is 4. The zero-order valence-corrected chi connectivity index (χ0v) is 17.0. The first-order valence-electron chi connectivity index (χ1n) is 9.46. The summed E-state index contributed by atoms with van der Waals surface area (Å²) < 4.78 is 7.06. The van der Waals surface area contributed by atoms with Gasteiger partial charge in [-0.05, 0) is 60.7 Å². The Bertz CT molecular complexity index is 773. The van der Waals surface area contributed by atoms with Crippen molar-refractivity contribution in [2.45, 2.75) is 56.4 Å². The lowest BCUT2D eigenvalue weighted by atomic mass is 9.89. The Morgan fingerprint density at radius 3 is 2.89 bits per heavy atom. The van der Waals surface area contributed by atoms with Gasteiger partial charge in [-0.25, -0.2) is 0 Å². The van der Waals surface area contributed by atoms with Crippen LogP contribution >= 0.6 is 11.8 Å². The topological polar surface area (TPSA) is 81.9 Å². The number of ether oxygens (including phenoxy) is 1. The van der Waals surface area contributed by atoms with Crippen molar-refractivity contribution in [3.05, 3.63) is 23.8 Å². The summed E-state index contributed by atoms with van der Waals surface area (Å²) in [5.41, 5.74) is 1.84. The number of rotatable bonds is 7. The van der Waals surface area contributed by atoms with Gasteiger partial charge in [0.25, 0.3) is 0 Å². The highest BCUT2D eigenvalue weighted by Crippen LogP contribution is 2.29. The Morgan fingerprint density at radius 1 is 1.37 bits per heavy atom. The zero-order valence-electron chi connectivity index (χ0n) is 16.1. The monoisotopic (exact) mass is 389 g/mol. The molecule has 2 aromatic rings. The molecule has 1 fully saturated rings. The van der Waals surface area contributed by atoms with Crippen molar-refractivity contribution in [1.29, 1.82) is 0 Å². The van der Waals surface area contributed by atoms with Gasteiger partial charge in [-0.15, -0.1) is 5.10 Å². The summed E-state index contributed by atoms with van der Waals surface area (Å²) >= 11 is 1.35. The summed E-state index contributed by atoms with van der Waals surface area (Å²) in [6.45, 7) is 4.65. The molecule has 146 valence electrons. The number of nitrogens with zero attached hydrogens (tertiary/aromatic N) is 4. The summed E-state index contributed by atoms with van der Waals surface area (Å²) in [4.78, 5) is 12.5. The van der Waals surface area contributed by atoms with Crippen LogP contribution in [0.2, 0.25) is 0 Å². The molecule has 1 unspecified atom stereocenters. The largest absolute Gasteiger partial charge is 0.494 e. The highest BCUT2D eigenvalue weighted by atomic mass is 32.2. The van der Waals surface area contributed by atoms with Gasteiger partial charge in [-0.1, -0.05) is 37.1 Å². The predicted molar refractivity (Wildman–Crippen MR) is 105 cm³/mol. The summed E-state index contributed by atoms with van der Waals surface area (Å²) in [7, 11) is 1.62. The third kappa shape index (κ3) is 5.00. The SMILES string of the molecule is COc1ccc(C)cc1-n1nnnc1SC(C)C(=O)NCC1CCCCC1. The van der Waals surface area contributed by atoms with Crippen LogP contribution in [0.15, 0.2) is 23.4 Å². The van der Waals surface area contributed by atoms with Crippen molar-refractivity contribution in [1.82, 2.24) is 25.5 Å². The normalized spacial score (nSPS) is 16.1. The first-order valence-corrected chi connectivity index (χ1v) is 10.3. The number of amides is 1. The lowest BCUT2D eigenvalue weighted by Gasteiger charge is -2.22. The van der Waals surface area contributed by atoms with Crippen molar-refractivity contribution in [2.24, 2.45) is 5.92 Å². The van der Waals surface area contributed by atoms with E-state index in [1.165, 1.54) is 43.9 Å². The average molecular weight is 390 g/mol.